The second-order valence-corrected chi connectivity index (χ2v) is 4.76. The van der Waals surface area contributed by atoms with Gasteiger partial charge in [-0.1, -0.05) is 36.4 Å². The van der Waals surface area contributed by atoms with Crippen molar-refractivity contribution in [2.24, 2.45) is 0 Å². The smallest absolute Gasteiger partial charge is 0.314 e. The lowest BCUT2D eigenvalue weighted by molar-refractivity contribution is -0.142. The predicted octanol–water partition coefficient (Wildman–Crippen LogP) is 3.25. The highest BCUT2D eigenvalue weighted by Crippen LogP contribution is 2.26. The Kier molecular flexibility index (Phi) is 3.94. The zero-order valence-corrected chi connectivity index (χ0v) is 10.4. The summed E-state index contributed by atoms with van der Waals surface area (Å²) in [7, 11) is 1.44. The van der Waals surface area contributed by atoms with Crippen molar-refractivity contribution in [3.8, 4) is 0 Å². The lowest BCUT2D eigenvalue weighted by Gasteiger charge is -2.12. The summed E-state index contributed by atoms with van der Waals surface area (Å²) in [6.45, 7) is 0. The van der Waals surface area contributed by atoms with E-state index in [2.05, 4.69) is 0 Å². The third kappa shape index (κ3) is 2.94. The monoisotopic (exact) mass is 246 g/mol. The normalized spacial score (nSPS) is 12.1. The predicted molar refractivity (Wildman–Crippen MR) is 69.2 cm³/mol. The zero-order valence-electron chi connectivity index (χ0n) is 9.63. The highest BCUT2D eigenvalue weighted by molar-refractivity contribution is 7.10. The summed E-state index contributed by atoms with van der Waals surface area (Å²) in [6.07, 6.45) is 0.689. The van der Waals surface area contributed by atoms with Gasteiger partial charge in [0.1, 0.15) is 0 Å². The first-order valence-corrected chi connectivity index (χ1v) is 6.34. The second kappa shape index (κ2) is 5.64. The summed E-state index contributed by atoms with van der Waals surface area (Å²) >= 11 is 1.59. The first-order chi connectivity index (χ1) is 8.31. The molecule has 3 heteroatoms. The fourth-order valence-corrected chi connectivity index (χ4v) is 2.60. The van der Waals surface area contributed by atoms with Gasteiger partial charge in [0.05, 0.1) is 13.0 Å². The van der Waals surface area contributed by atoms with Crippen LogP contribution < -0.4 is 0 Å². The van der Waals surface area contributed by atoms with Gasteiger partial charge in [0.15, 0.2) is 0 Å². The van der Waals surface area contributed by atoms with Crippen molar-refractivity contribution in [3.05, 3.63) is 58.3 Å². The van der Waals surface area contributed by atoms with E-state index < -0.39 is 0 Å². The third-order valence-electron chi connectivity index (χ3n) is 2.65. The molecule has 0 saturated heterocycles. The Balaban J connectivity index is 2.20. The summed E-state index contributed by atoms with van der Waals surface area (Å²) in [4.78, 5) is 12.9. The third-order valence-corrected chi connectivity index (χ3v) is 3.64. The Labute approximate surface area is 105 Å². The van der Waals surface area contributed by atoms with Crippen LogP contribution in [-0.2, 0) is 16.0 Å². The number of hydrogen-bond acceptors (Lipinski definition) is 3. The van der Waals surface area contributed by atoms with Crippen LogP contribution in [0.2, 0.25) is 0 Å². The molecule has 0 N–H and O–H groups in total. The van der Waals surface area contributed by atoms with E-state index in [1.165, 1.54) is 7.11 Å². The van der Waals surface area contributed by atoms with E-state index in [1.54, 1.807) is 11.3 Å². The van der Waals surface area contributed by atoms with Gasteiger partial charge in [-0.2, -0.15) is 0 Å². The van der Waals surface area contributed by atoms with Gasteiger partial charge in [-0.3, -0.25) is 4.79 Å². The van der Waals surface area contributed by atoms with Crippen LogP contribution in [0.15, 0.2) is 47.8 Å². The molecule has 0 aliphatic carbocycles. The highest BCUT2D eigenvalue weighted by Gasteiger charge is 2.22. The average molecular weight is 246 g/mol. The Morgan fingerprint density at radius 2 is 2.00 bits per heavy atom. The fraction of sp³-hybridized carbons (Fsp3) is 0.214. The lowest BCUT2D eigenvalue weighted by Crippen LogP contribution is -2.15. The molecule has 2 nitrogen and oxygen atoms in total. The van der Waals surface area contributed by atoms with Crippen molar-refractivity contribution < 1.29 is 9.53 Å². The molecule has 0 spiro atoms. The first-order valence-electron chi connectivity index (χ1n) is 5.46. The SMILES string of the molecule is COC(=O)C(Cc1ccccc1)c1cccs1. The van der Waals surface area contributed by atoms with Crippen LogP contribution in [0.3, 0.4) is 0 Å². The van der Waals surface area contributed by atoms with Crippen molar-refractivity contribution in [1.29, 1.82) is 0 Å². The molecule has 88 valence electrons. The summed E-state index contributed by atoms with van der Waals surface area (Å²) < 4.78 is 4.88. The molecule has 0 aliphatic heterocycles. The number of ether oxygens (including phenoxy) is 1. The molecule has 1 aromatic heterocycles. The number of carbonyl (C=O) groups excluding carboxylic acids is 1. The van der Waals surface area contributed by atoms with E-state index in [4.69, 9.17) is 4.74 Å². The number of esters is 1. The van der Waals surface area contributed by atoms with Gasteiger partial charge in [0.2, 0.25) is 0 Å². The van der Waals surface area contributed by atoms with Crippen LogP contribution in [0.1, 0.15) is 16.4 Å². The molecule has 2 aromatic rings. The zero-order chi connectivity index (χ0) is 12.1. The van der Waals surface area contributed by atoms with E-state index in [1.807, 2.05) is 47.8 Å². The van der Waals surface area contributed by atoms with Crippen molar-refractivity contribution in [2.75, 3.05) is 7.11 Å². The maximum atomic E-state index is 11.8. The van der Waals surface area contributed by atoms with E-state index in [9.17, 15) is 4.79 Å². The van der Waals surface area contributed by atoms with Crippen molar-refractivity contribution in [1.82, 2.24) is 0 Å². The van der Waals surface area contributed by atoms with Crippen LogP contribution in [-0.4, -0.2) is 13.1 Å². The molecule has 0 fully saturated rings. The van der Waals surface area contributed by atoms with Crippen LogP contribution in [0.25, 0.3) is 0 Å². The maximum absolute atomic E-state index is 11.8. The Morgan fingerprint density at radius 3 is 2.59 bits per heavy atom. The molecule has 1 heterocycles. The van der Waals surface area contributed by atoms with Crippen LogP contribution >= 0.6 is 11.3 Å². The van der Waals surface area contributed by atoms with Gasteiger partial charge in [-0.05, 0) is 23.4 Å². The minimum atomic E-state index is -0.192. The molecular weight excluding hydrogens is 232 g/mol. The summed E-state index contributed by atoms with van der Waals surface area (Å²) in [6, 6.07) is 13.9. The quantitative estimate of drug-likeness (QED) is 0.774. The fourth-order valence-electron chi connectivity index (χ4n) is 1.78. The molecule has 0 aliphatic rings. The minimum absolute atomic E-state index is 0.170. The maximum Gasteiger partial charge on any atom is 0.314 e. The lowest BCUT2D eigenvalue weighted by atomic mass is 9.98. The topological polar surface area (TPSA) is 26.3 Å². The van der Waals surface area contributed by atoms with Gasteiger partial charge in [-0.25, -0.2) is 0 Å². The number of hydrogen-bond donors (Lipinski definition) is 0. The first kappa shape index (κ1) is 11.9. The minimum Gasteiger partial charge on any atom is -0.469 e. The molecule has 1 atom stereocenters. The number of rotatable bonds is 4. The van der Waals surface area contributed by atoms with E-state index in [0.717, 1.165) is 10.4 Å². The van der Waals surface area contributed by atoms with E-state index >= 15 is 0 Å². The molecule has 0 amide bonds. The van der Waals surface area contributed by atoms with Gasteiger partial charge in [-0.15, -0.1) is 11.3 Å². The molecule has 0 bridgehead atoms. The van der Waals surface area contributed by atoms with Gasteiger partial charge in [0.25, 0.3) is 0 Å². The van der Waals surface area contributed by atoms with Crippen LogP contribution in [0.5, 0.6) is 0 Å². The number of methoxy groups -OCH3 is 1. The van der Waals surface area contributed by atoms with Crippen molar-refractivity contribution in [3.63, 3.8) is 0 Å². The summed E-state index contributed by atoms with van der Waals surface area (Å²) in [5.41, 5.74) is 1.15. The van der Waals surface area contributed by atoms with Crippen LogP contribution in [0.4, 0.5) is 0 Å². The number of benzene rings is 1. The standard InChI is InChI=1S/C14H14O2S/c1-16-14(15)12(13-8-5-9-17-13)10-11-6-3-2-4-7-11/h2-9,12H,10H2,1H3. The summed E-state index contributed by atoms with van der Waals surface area (Å²) in [5.74, 6) is -0.362. The molecule has 17 heavy (non-hydrogen) atoms. The van der Waals surface area contributed by atoms with E-state index in [0.29, 0.717) is 6.42 Å². The largest absolute Gasteiger partial charge is 0.469 e. The molecule has 1 aromatic carbocycles. The molecule has 0 saturated carbocycles. The van der Waals surface area contributed by atoms with Crippen molar-refractivity contribution in [2.45, 2.75) is 12.3 Å². The molecule has 1 unspecified atom stereocenters. The molecule has 2 rings (SSSR count). The second-order valence-electron chi connectivity index (χ2n) is 3.78. The van der Waals surface area contributed by atoms with Gasteiger partial charge < -0.3 is 4.74 Å². The average Bonchev–Trinajstić information content (AvgIpc) is 2.90. The number of thiophene rings is 1. The van der Waals surface area contributed by atoms with Gasteiger partial charge >= 0.3 is 5.97 Å². The van der Waals surface area contributed by atoms with Gasteiger partial charge in [0, 0.05) is 4.88 Å². The van der Waals surface area contributed by atoms with Crippen molar-refractivity contribution >= 4 is 17.3 Å². The Bertz CT molecular complexity index is 462. The Hall–Kier alpha value is -1.61. The molecule has 0 radical (unpaired) electrons. The summed E-state index contributed by atoms with van der Waals surface area (Å²) in [5, 5.41) is 1.98. The molecular formula is C14H14O2S. The Morgan fingerprint density at radius 1 is 1.24 bits per heavy atom. The van der Waals surface area contributed by atoms with Crippen LogP contribution in [0, 0.1) is 0 Å². The van der Waals surface area contributed by atoms with E-state index in [-0.39, 0.29) is 11.9 Å². The number of carbonyl (C=O) groups is 1. The highest BCUT2D eigenvalue weighted by atomic mass is 32.1.